The zero-order valence-electron chi connectivity index (χ0n) is 48.8. The summed E-state index contributed by atoms with van der Waals surface area (Å²) < 4.78 is 34.6. The normalized spacial score (nSPS) is 13.8. The van der Waals surface area contributed by atoms with Gasteiger partial charge in [-0.2, -0.15) is 0 Å². The molecule has 430 valence electrons. The van der Waals surface area contributed by atoms with Crippen LogP contribution in [-0.4, -0.2) is 74.9 Å². The molecule has 2 atom stereocenters. The summed E-state index contributed by atoms with van der Waals surface area (Å²) in [6.07, 6.45) is 72.6. The Bertz CT molecular complexity index is 1480. The molecule has 0 aliphatic carbocycles. The third-order valence-electron chi connectivity index (χ3n) is 13.2. The second-order valence-electron chi connectivity index (χ2n) is 21.7. The van der Waals surface area contributed by atoms with Crippen LogP contribution in [0.4, 0.5) is 0 Å². The predicted octanol–water partition coefficient (Wildman–Crippen LogP) is 19.3. The lowest BCUT2D eigenvalue weighted by Gasteiger charge is -2.24. The molecule has 0 saturated heterocycles. The minimum atomic E-state index is -4.39. The molecule has 10 heteroatoms. The molecule has 0 aromatic heterocycles. The molecule has 2 unspecified atom stereocenters. The Kier molecular flexibility index (Phi) is 53.3. The number of rotatable bonds is 56. The van der Waals surface area contributed by atoms with Crippen molar-refractivity contribution in [2.45, 2.75) is 277 Å². The number of ether oxygens (including phenoxy) is 2. The monoisotopic (exact) mass is 1060 g/mol. The van der Waals surface area contributed by atoms with Crippen molar-refractivity contribution in [2.24, 2.45) is 0 Å². The number of esters is 2. The van der Waals surface area contributed by atoms with E-state index in [9.17, 15) is 19.0 Å². The summed E-state index contributed by atoms with van der Waals surface area (Å²) >= 11 is 0. The summed E-state index contributed by atoms with van der Waals surface area (Å²) in [5, 5.41) is 0. The predicted molar refractivity (Wildman–Crippen MR) is 316 cm³/mol. The number of phosphoric ester groups is 1. The molecule has 0 radical (unpaired) electrons. The lowest BCUT2D eigenvalue weighted by Crippen LogP contribution is -2.37. The fourth-order valence-electron chi connectivity index (χ4n) is 8.51. The number of phosphoric acid groups is 1. The van der Waals surface area contributed by atoms with Gasteiger partial charge in [0.25, 0.3) is 0 Å². The molecule has 0 aromatic rings. The first-order valence-electron chi connectivity index (χ1n) is 30.7. The molecule has 9 nitrogen and oxygen atoms in total. The summed E-state index contributed by atoms with van der Waals surface area (Å²) in [4.78, 5) is 35.7. The molecule has 0 bridgehead atoms. The highest BCUT2D eigenvalue weighted by molar-refractivity contribution is 7.47. The van der Waals surface area contributed by atoms with E-state index in [0.29, 0.717) is 17.4 Å². The average molecular weight is 1060 g/mol. The van der Waals surface area contributed by atoms with E-state index >= 15 is 0 Å². The summed E-state index contributed by atoms with van der Waals surface area (Å²) in [6.45, 7) is 4.32. The van der Waals surface area contributed by atoms with E-state index in [1.54, 1.807) is 0 Å². The van der Waals surface area contributed by atoms with Crippen LogP contribution < -0.4 is 0 Å². The maximum Gasteiger partial charge on any atom is 0.472 e. The van der Waals surface area contributed by atoms with Crippen LogP contribution in [0.5, 0.6) is 0 Å². The van der Waals surface area contributed by atoms with Crippen LogP contribution in [0.2, 0.25) is 0 Å². The first-order valence-corrected chi connectivity index (χ1v) is 32.2. The van der Waals surface area contributed by atoms with Crippen molar-refractivity contribution < 1.29 is 42.1 Å². The molecule has 1 N–H and O–H groups in total. The van der Waals surface area contributed by atoms with E-state index in [1.807, 2.05) is 21.1 Å². The van der Waals surface area contributed by atoms with Gasteiger partial charge in [-0.1, -0.05) is 247 Å². The second kappa shape index (κ2) is 55.2. The van der Waals surface area contributed by atoms with Crippen LogP contribution in [0.3, 0.4) is 0 Å². The lowest BCUT2D eigenvalue weighted by atomic mass is 10.0. The van der Waals surface area contributed by atoms with Crippen LogP contribution in [0.15, 0.2) is 72.9 Å². The molecular weight excluding hydrogens is 942 g/mol. The van der Waals surface area contributed by atoms with Crippen molar-refractivity contribution in [3.63, 3.8) is 0 Å². The minimum Gasteiger partial charge on any atom is -0.462 e. The first-order chi connectivity index (χ1) is 36.0. The molecule has 0 aromatic carbocycles. The van der Waals surface area contributed by atoms with Crippen LogP contribution >= 0.6 is 7.82 Å². The Hall–Kier alpha value is -2.55. The third-order valence-corrected chi connectivity index (χ3v) is 14.2. The Morgan fingerprint density at radius 3 is 1.15 bits per heavy atom. The molecule has 0 fully saturated rings. The molecule has 0 aliphatic rings. The van der Waals surface area contributed by atoms with E-state index in [-0.39, 0.29) is 32.0 Å². The zero-order valence-corrected chi connectivity index (χ0v) is 49.7. The molecular formula is C64H117NO8P+. The molecule has 0 amide bonds. The van der Waals surface area contributed by atoms with Gasteiger partial charge < -0.3 is 18.9 Å². The maximum atomic E-state index is 12.8. The van der Waals surface area contributed by atoms with Crippen LogP contribution in [-0.2, 0) is 32.7 Å². The van der Waals surface area contributed by atoms with Crippen LogP contribution in [0, 0.1) is 0 Å². The van der Waals surface area contributed by atoms with Crippen molar-refractivity contribution in [3.8, 4) is 0 Å². The Labute approximate surface area is 457 Å². The number of likely N-dealkylation sites (N-methyl/N-ethyl adjacent to an activating group) is 1. The lowest BCUT2D eigenvalue weighted by molar-refractivity contribution is -0.870. The molecule has 0 aliphatic heterocycles. The molecule has 74 heavy (non-hydrogen) atoms. The van der Waals surface area contributed by atoms with E-state index in [1.165, 1.54) is 161 Å². The highest BCUT2D eigenvalue weighted by atomic mass is 31.2. The van der Waals surface area contributed by atoms with Crippen molar-refractivity contribution >= 4 is 19.8 Å². The van der Waals surface area contributed by atoms with Gasteiger partial charge in [-0.3, -0.25) is 18.6 Å². The van der Waals surface area contributed by atoms with Gasteiger partial charge in [0.05, 0.1) is 27.7 Å². The van der Waals surface area contributed by atoms with Gasteiger partial charge in [0.2, 0.25) is 0 Å². The zero-order chi connectivity index (χ0) is 54.2. The van der Waals surface area contributed by atoms with Crippen molar-refractivity contribution in [3.05, 3.63) is 72.9 Å². The van der Waals surface area contributed by atoms with Gasteiger partial charge in [-0.05, 0) is 83.5 Å². The fourth-order valence-corrected chi connectivity index (χ4v) is 9.25. The highest BCUT2D eigenvalue weighted by Gasteiger charge is 2.27. The number of carbonyl (C=O) groups is 2. The number of hydrogen-bond acceptors (Lipinski definition) is 7. The number of carbonyl (C=O) groups excluding carboxylic acids is 2. The van der Waals surface area contributed by atoms with E-state index in [4.69, 9.17) is 18.5 Å². The van der Waals surface area contributed by atoms with Crippen molar-refractivity contribution in [1.29, 1.82) is 0 Å². The van der Waals surface area contributed by atoms with Crippen LogP contribution in [0.25, 0.3) is 0 Å². The van der Waals surface area contributed by atoms with E-state index in [0.717, 1.165) is 77.0 Å². The smallest absolute Gasteiger partial charge is 0.462 e. The topological polar surface area (TPSA) is 108 Å². The molecule has 0 spiro atoms. The van der Waals surface area contributed by atoms with Gasteiger partial charge in [0, 0.05) is 12.8 Å². The Morgan fingerprint density at radius 2 is 0.770 bits per heavy atom. The van der Waals surface area contributed by atoms with Crippen LogP contribution in [0.1, 0.15) is 271 Å². The quantitative estimate of drug-likeness (QED) is 0.0211. The number of allylic oxidation sites excluding steroid dienone is 12. The average Bonchev–Trinajstić information content (AvgIpc) is 3.36. The van der Waals surface area contributed by atoms with Gasteiger partial charge in [0.15, 0.2) is 6.10 Å². The Balaban J connectivity index is 4.10. The van der Waals surface area contributed by atoms with Crippen molar-refractivity contribution in [1.82, 2.24) is 0 Å². The highest BCUT2D eigenvalue weighted by Crippen LogP contribution is 2.43. The largest absolute Gasteiger partial charge is 0.472 e. The SMILES string of the molecule is CC/C=C\C/C=C\C/C=C\C/C=C\CCCCCCCCCCC(=O)OC(COC(=O)CCCCCCCCCCCCCCCCCCC/C=C\C/C=C\CCCCCCC)COP(=O)(O)OCC[N+](C)(C)C. The first kappa shape index (κ1) is 71.5. The minimum absolute atomic E-state index is 0.0281. The van der Waals surface area contributed by atoms with E-state index < -0.39 is 26.5 Å². The van der Waals surface area contributed by atoms with Crippen molar-refractivity contribution in [2.75, 3.05) is 47.5 Å². The van der Waals surface area contributed by atoms with Gasteiger partial charge in [-0.25, -0.2) is 4.57 Å². The van der Waals surface area contributed by atoms with Gasteiger partial charge >= 0.3 is 19.8 Å². The summed E-state index contributed by atoms with van der Waals surface area (Å²) in [6, 6.07) is 0. The number of hydrogen-bond donors (Lipinski definition) is 1. The summed E-state index contributed by atoms with van der Waals surface area (Å²) in [5.41, 5.74) is 0. The number of quaternary nitrogens is 1. The Morgan fingerprint density at radius 1 is 0.432 bits per heavy atom. The fraction of sp³-hybridized carbons (Fsp3) is 0.781. The maximum absolute atomic E-state index is 12.8. The van der Waals surface area contributed by atoms with E-state index in [2.05, 4.69) is 86.8 Å². The third kappa shape index (κ3) is 58.7. The van der Waals surface area contributed by atoms with Gasteiger partial charge in [-0.15, -0.1) is 0 Å². The second-order valence-corrected chi connectivity index (χ2v) is 23.2. The van der Waals surface area contributed by atoms with Gasteiger partial charge in [0.1, 0.15) is 19.8 Å². The molecule has 0 saturated carbocycles. The standard InChI is InChI=1S/C64H116NO8P/c1-6-8-10-12-14-16-18-20-22-24-26-28-29-30-31-32-33-34-35-37-38-40-42-44-46-48-50-52-54-56-63(66)70-60-62(61-72-74(68,69)71-59-58-65(3,4)5)73-64(67)57-55-53-51-49-47-45-43-41-39-36-27-25-23-21-19-17-15-13-11-9-7-2/h9,11,15,17-18,20-21,23-24,26-27,36,62H,6-8,10,12-14,16,19,22,25,28-35,37-61H2,1-5H3/p+1/b11-9-,17-15-,20-18-,23-21-,26-24-,36-27-. The number of nitrogens with zero attached hydrogens (tertiary/aromatic N) is 1. The summed E-state index contributed by atoms with van der Waals surface area (Å²) in [7, 11) is 1.47. The molecule has 0 heterocycles. The molecule has 0 rings (SSSR count). The summed E-state index contributed by atoms with van der Waals surface area (Å²) in [5.74, 6) is -0.801. The number of unbranched alkanes of at least 4 members (excludes halogenated alkanes) is 30.